The van der Waals surface area contributed by atoms with E-state index in [0.29, 0.717) is 17.3 Å². The van der Waals surface area contributed by atoms with Crippen LogP contribution in [-0.4, -0.2) is 19.6 Å². The van der Waals surface area contributed by atoms with Crippen LogP contribution in [0.15, 0.2) is 45.6 Å². The van der Waals surface area contributed by atoms with Crippen molar-refractivity contribution in [2.45, 2.75) is 17.1 Å². The molecule has 134 valence electrons. The molecule has 0 aliphatic heterocycles. The normalized spacial score (nSPS) is 12.2. The Bertz CT molecular complexity index is 1060. The van der Waals surface area contributed by atoms with Crippen molar-refractivity contribution in [2.24, 2.45) is 0 Å². The van der Waals surface area contributed by atoms with E-state index >= 15 is 0 Å². The molecule has 11 heteroatoms. The molecular formula is C15H8ClF3N4OS2. The summed E-state index contributed by atoms with van der Waals surface area (Å²) < 4.78 is 45.6. The molecular weight excluding hydrogens is 409 g/mol. The van der Waals surface area contributed by atoms with Gasteiger partial charge in [0.1, 0.15) is 6.26 Å². The van der Waals surface area contributed by atoms with Crippen molar-refractivity contribution in [3.05, 3.63) is 52.3 Å². The number of pyridine rings is 1. The Morgan fingerprint density at radius 2 is 2.15 bits per heavy atom. The minimum absolute atomic E-state index is 0.111. The van der Waals surface area contributed by atoms with Gasteiger partial charge in [0.2, 0.25) is 5.89 Å². The lowest BCUT2D eigenvalue weighted by molar-refractivity contribution is -0.137. The number of aromatic nitrogens is 4. The zero-order chi connectivity index (χ0) is 18.3. The van der Waals surface area contributed by atoms with Crippen molar-refractivity contribution < 1.29 is 17.6 Å². The van der Waals surface area contributed by atoms with Gasteiger partial charge in [0, 0.05) is 11.9 Å². The van der Waals surface area contributed by atoms with E-state index in [9.17, 15) is 13.2 Å². The number of nitrogens with zero attached hydrogens (tertiary/aromatic N) is 4. The summed E-state index contributed by atoms with van der Waals surface area (Å²) in [5.74, 6) is 0.868. The van der Waals surface area contributed by atoms with Gasteiger partial charge >= 0.3 is 6.18 Å². The minimum Gasteiger partial charge on any atom is -0.444 e. The first-order chi connectivity index (χ1) is 12.4. The Balaban J connectivity index is 1.59. The maximum Gasteiger partial charge on any atom is 0.417 e. The second-order valence-electron chi connectivity index (χ2n) is 5.16. The third kappa shape index (κ3) is 3.31. The van der Waals surface area contributed by atoms with Crippen LogP contribution in [0.25, 0.3) is 16.4 Å². The first-order valence-electron chi connectivity index (χ1n) is 7.14. The van der Waals surface area contributed by atoms with Crippen LogP contribution in [0.4, 0.5) is 13.2 Å². The molecule has 0 radical (unpaired) electrons. The summed E-state index contributed by atoms with van der Waals surface area (Å²) >= 11 is 8.59. The van der Waals surface area contributed by atoms with E-state index in [1.54, 1.807) is 0 Å². The molecule has 0 unspecified atom stereocenters. The Morgan fingerprint density at radius 1 is 1.31 bits per heavy atom. The molecule has 4 heterocycles. The number of fused-ring (bicyclic) bond motifs is 1. The molecule has 0 saturated heterocycles. The lowest BCUT2D eigenvalue weighted by Crippen LogP contribution is -2.07. The summed E-state index contributed by atoms with van der Waals surface area (Å²) in [6.45, 7) is 0. The first kappa shape index (κ1) is 17.4. The highest BCUT2D eigenvalue weighted by Crippen LogP contribution is 2.34. The molecule has 0 atom stereocenters. The molecule has 0 fully saturated rings. The predicted molar refractivity (Wildman–Crippen MR) is 92.4 cm³/mol. The predicted octanol–water partition coefficient (Wildman–Crippen LogP) is 5.41. The van der Waals surface area contributed by atoms with Gasteiger partial charge in [-0.05, 0) is 17.5 Å². The van der Waals surface area contributed by atoms with Crippen LogP contribution >= 0.6 is 34.7 Å². The number of thiophene rings is 1. The van der Waals surface area contributed by atoms with Crippen LogP contribution in [0.2, 0.25) is 5.02 Å². The highest BCUT2D eigenvalue weighted by molar-refractivity contribution is 7.98. The van der Waals surface area contributed by atoms with E-state index in [0.717, 1.165) is 17.1 Å². The average molecular weight is 417 g/mol. The molecule has 0 spiro atoms. The Labute approximate surface area is 157 Å². The van der Waals surface area contributed by atoms with Crippen molar-refractivity contribution >= 4 is 40.3 Å². The van der Waals surface area contributed by atoms with E-state index in [-0.39, 0.29) is 15.8 Å². The summed E-state index contributed by atoms with van der Waals surface area (Å²) in [6.07, 6.45) is -2.06. The topological polar surface area (TPSA) is 56.2 Å². The summed E-state index contributed by atoms with van der Waals surface area (Å²) in [5.41, 5.74) is -0.0483. The highest BCUT2D eigenvalue weighted by Gasteiger charge is 2.32. The first-order valence-corrected chi connectivity index (χ1v) is 9.39. The van der Waals surface area contributed by atoms with Crippen molar-refractivity contribution in [3.63, 3.8) is 0 Å². The monoisotopic (exact) mass is 416 g/mol. The van der Waals surface area contributed by atoms with E-state index in [4.69, 9.17) is 16.0 Å². The summed E-state index contributed by atoms with van der Waals surface area (Å²) in [5, 5.41) is 9.86. The highest BCUT2D eigenvalue weighted by atomic mass is 35.5. The van der Waals surface area contributed by atoms with Gasteiger partial charge in [-0.1, -0.05) is 29.4 Å². The molecule has 0 N–H and O–H groups in total. The SMILES string of the molecule is FC(F)(F)c1cc(Cl)c2nnc(SCc3coc(-c4cccs4)n3)n2c1. The van der Waals surface area contributed by atoms with Crippen LogP contribution in [0.1, 0.15) is 11.3 Å². The maximum atomic E-state index is 13.0. The second kappa shape index (κ2) is 6.60. The molecule has 4 rings (SSSR count). The molecule has 0 saturated carbocycles. The number of alkyl halides is 3. The van der Waals surface area contributed by atoms with Gasteiger partial charge < -0.3 is 4.42 Å². The van der Waals surface area contributed by atoms with Crippen molar-refractivity contribution in [1.82, 2.24) is 19.6 Å². The van der Waals surface area contributed by atoms with Crippen LogP contribution in [0, 0.1) is 0 Å². The number of halogens is 4. The molecule has 0 aliphatic carbocycles. The fourth-order valence-corrected chi connectivity index (χ4v) is 3.90. The van der Waals surface area contributed by atoms with Gasteiger partial charge in [0.15, 0.2) is 10.8 Å². The second-order valence-corrected chi connectivity index (χ2v) is 7.46. The molecule has 4 aromatic rings. The van der Waals surface area contributed by atoms with Crippen molar-refractivity contribution in [2.75, 3.05) is 0 Å². The number of hydrogen-bond donors (Lipinski definition) is 0. The Morgan fingerprint density at radius 3 is 2.88 bits per heavy atom. The fraction of sp³-hybridized carbons (Fsp3) is 0.133. The lowest BCUT2D eigenvalue weighted by Gasteiger charge is -2.08. The van der Waals surface area contributed by atoms with E-state index in [1.165, 1.54) is 33.8 Å². The van der Waals surface area contributed by atoms with Gasteiger partial charge in [0.05, 0.1) is 21.2 Å². The molecule has 0 amide bonds. The largest absolute Gasteiger partial charge is 0.444 e. The molecule has 0 bridgehead atoms. The third-order valence-electron chi connectivity index (χ3n) is 3.39. The third-order valence-corrected chi connectivity index (χ3v) is 5.50. The summed E-state index contributed by atoms with van der Waals surface area (Å²) in [4.78, 5) is 5.26. The van der Waals surface area contributed by atoms with Crippen molar-refractivity contribution in [3.8, 4) is 10.8 Å². The Hall–Kier alpha value is -2.04. The van der Waals surface area contributed by atoms with E-state index in [1.807, 2.05) is 17.5 Å². The number of oxazole rings is 1. The molecule has 4 aromatic heterocycles. The molecule has 26 heavy (non-hydrogen) atoms. The van der Waals surface area contributed by atoms with E-state index < -0.39 is 11.7 Å². The van der Waals surface area contributed by atoms with Crippen LogP contribution in [0.3, 0.4) is 0 Å². The van der Waals surface area contributed by atoms with E-state index in [2.05, 4.69) is 15.2 Å². The zero-order valence-corrected chi connectivity index (χ0v) is 15.1. The van der Waals surface area contributed by atoms with Crippen LogP contribution < -0.4 is 0 Å². The summed E-state index contributed by atoms with van der Waals surface area (Å²) in [7, 11) is 0. The number of thioether (sulfide) groups is 1. The van der Waals surface area contributed by atoms with Gasteiger partial charge in [-0.2, -0.15) is 13.2 Å². The zero-order valence-electron chi connectivity index (χ0n) is 12.7. The lowest BCUT2D eigenvalue weighted by atomic mass is 10.3. The quantitative estimate of drug-likeness (QED) is 0.416. The Kier molecular flexibility index (Phi) is 4.41. The number of rotatable bonds is 4. The van der Waals surface area contributed by atoms with Crippen molar-refractivity contribution in [1.29, 1.82) is 0 Å². The molecule has 5 nitrogen and oxygen atoms in total. The minimum atomic E-state index is -4.51. The maximum absolute atomic E-state index is 13.0. The standard InChI is InChI=1S/C15H8ClF3N4OS2/c16-10-4-8(15(17,18)19)5-23-12(10)21-22-14(23)26-7-9-6-24-13(20-9)11-2-1-3-25-11/h1-6H,7H2. The number of hydrogen-bond acceptors (Lipinski definition) is 6. The van der Waals surface area contributed by atoms with Gasteiger partial charge in [-0.3, -0.25) is 4.40 Å². The van der Waals surface area contributed by atoms with Crippen LogP contribution in [0.5, 0.6) is 0 Å². The smallest absolute Gasteiger partial charge is 0.417 e. The van der Waals surface area contributed by atoms with Crippen LogP contribution in [-0.2, 0) is 11.9 Å². The fourth-order valence-electron chi connectivity index (χ4n) is 2.21. The van der Waals surface area contributed by atoms with Gasteiger partial charge in [-0.15, -0.1) is 21.5 Å². The average Bonchev–Trinajstić information content (AvgIpc) is 3.32. The molecule has 0 aromatic carbocycles. The van der Waals surface area contributed by atoms with Gasteiger partial charge in [0.25, 0.3) is 0 Å². The summed E-state index contributed by atoms with van der Waals surface area (Å²) in [6, 6.07) is 4.62. The van der Waals surface area contributed by atoms with Gasteiger partial charge in [-0.25, -0.2) is 4.98 Å². The molecule has 0 aliphatic rings.